The molecule has 0 amide bonds. The summed E-state index contributed by atoms with van der Waals surface area (Å²) in [7, 11) is 3.75. The van der Waals surface area contributed by atoms with Gasteiger partial charge in [-0.3, -0.25) is 4.90 Å². The largest absolute Gasteiger partial charge is 0.469 e. The number of furan rings is 1. The molecule has 1 heterocycles. The molecule has 3 heteroatoms. The van der Waals surface area contributed by atoms with Crippen molar-refractivity contribution in [1.82, 2.24) is 4.90 Å². The van der Waals surface area contributed by atoms with E-state index in [9.17, 15) is 0 Å². The second-order valence-electron chi connectivity index (χ2n) is 2.93. The fraction of sp³-hybridized carbons (Fsp3) is 0.444. The van der Waals surface area contributed by atoms with Crippen LogP contribution in [0.5, 0.6) is 0 Å². The second kappa shape index (κ2) is 3.42. The Morgan fingerprint density at radius 2 is 2.25 bits per heavy atom. The Morgan fingerprint density at radius 3 is 2.58 bits per heavy atom. The molecule has 0 aromatic carbocycles. The van der Waals surface area contributed by atoms with Crippen molar-refractivity contribution in [3.05, 3.63) is 23.7 Å². The molecule has 1 aromatic rings. The summed E-state index contributed by atoms with van der Waals surface area (Å²) in [5.74, 6) is 0.815. The minimum absolute atomic E-state index is 0.205. The summed E-state index contributed by atoms with van der Waals surface area (Å²) in [6.07, 6.45) is 1.61. The van der Waals surface area contributed by atoms with Gasteiger partial charge in [-0.05, 0) is 27.1 Å². The van der Waals surface area contributed by atoms with Crippen LogP contribution in [0, 0.1) is 18.3 Å². The van der Waals surface area contributed by atoms with Crippen LogP contribution in [-0.4, -0.2) is 19.0 Å². The van der Waals surface area contributed by atoms with Gasteiger partial charge >= 0.3 is 0 Å². The van der Waals surface area contributed by atoms with Gasteiger partial charge in [0.1, 0.15) is 11.8 Å². The van der Waals surface area contributed by atoms with Gasteiger partial charge in [-0.1, -0.05) is 0 Å². The van der Waals surface area contributed by atoms with E-state index in [2.05, 4.69) is 6.07 Å². The summed E-state index contributed by atoms with van der Waals surface area (Å²) in [5, 5.41) is 8.86. The molecule has 0 fully saturated rings. The van der Waals surface area contributed by atoms with Crippen molar-refractivity contribution in [2.75, 3.05) is 14.1 Å². The average Bonchev–Trinajstić information content (AvgIpc) is 2.38. The Balaban J connectivity index is 2.97. The standard InChI is InChI=1S/C9H12N2O/c1-7-8(4-5-12-7)9(6-10)11(2)3/h4-5,9H,1-3H3. The molecule has 0 spiro atoms. The van der Waals surface area contributed by atoms with Gasteiger partial charge in [0.05, 0.1) is 12.3 Å². The van der Waals surface area contributed by atoms with E-state index in [4.69, 9.17) is 9.68 Å². The molecule has 64 valence electrons. The molecular weight excluding hydrogens is 152 g/mol. The summed E-state index contributed by atoms with van der Waals surface area (Å²) in [6.45, 7) is 1.86. The molecule has 0 saturated carbocycles. The van der Waals surface area contributed by atoms with Crippen LogP contribution in [0.4, 0.5) is 0 Å². The van der Waals surface area contributed by atoms with E-state index in [1.54, 1.807) is 6.26 Å². The van der Waals surface area contributed by atoms with E-state index in [-0.39, 0.29) is 6.04 Å². The van der Waals surface area contributed by atoms with Crippen molar-refractivity contribution in [1.29, 1.82) is 5.26 Å². The lowest BCUT2D eigenvalue weighted by molar-refractivity contribution is 0.353. The van der Waals surface area contributed by atoms with Crippen molar-refractivity contribution in [2.24, 2.45) is 0 Å². The lowest BCUT2D eigenvalue weighted by atomic mass is 10.1. The van der Waals surface area contributed by atoms with Crippen LogP contribution in [0.3, 0.4) is 0 Å². The smallest absolute Gasteiger partial charge is 0.126 e. The zero-order valence-electron chi connectivity index (χ0n) is 7.53. The van der Waals surface area contributed by atoms with Gasteiger partial charge < -0.3 is 4.42 Å². The fourth-order valence-electron chi connectivity index (χ4n) is 1.14. The van der Waals surface area contributed by atoms with E-state index < -0.39 is 0 Å². The summed E-state index contributed by atoms with van der Waals surface area (Å²) < 4.78 is 5.12. The SMILES string of the molecule is Cc1occc1C(C#N)N(C)C. The first kappa shape index (κ1) is 8.82. The summed E-state index contributed by atoms with van der Waals surface area (Å²) in [4.78, 5) is 1.86. The number of nitriles is 1. The zero-order chi connectivity index (χ0) is 9.14. The van der Waals surface area contributed by atoms with Crippen LogP contribution in [-0.2, 0) is 0 Å². The van der Waals surface area contributed by atoms with Crippen molar-refractivity contribution in [2.45, 2.75) is 13.0 Å². The molecule has 0 bridgehead atoms. The first-order valence-corrected chi connectivity index (χ1v) is 3.77. The molecule has 1 atom stereocenters. The van der Waals surface area contributed by atoms with Gasteiger partial charge in [0.2, 0.25) is 0 Å². The van der Waals surface area contributed by atoms with Crippen LogP contribution in [0.25, 0.3) is 0 Å². The highest BCUT2D eigenvalue weighted by Gasteiger charge is 2.16. The third-order valence-electron chi connectivity index (χ3n) is 1.83. The molecule has 3 nitrogen and oxygen atoms in total. The number of hydrogen-bond acceptors (Lipinski definition) is 3. The van der Waals surface area contributed by atoms with E-state index in [1.165, 1.54) is 0 Å². The van der Waals surface area contributed by atoms with Crippen LogP contribution < -0.4 is 0 Å². The Hall–Kier alpha value is -1.27. The Labute approximate surface area is 72.2 Å². The lowest BCUT2D eigenvalue weighted by Gasteiger charge is -2.15. The highest BCUT2D eigenvalue weighted by molar-refractivity contribution is 5.25. The van der Waals surface area contributed by atoms with E-state index >= 15 is 0 Å². The summed E-state index contributed by atoms with van der Waals surface area (Å²) in [6, 6.07) is 3.84. The topological polar surface area (TPSA) is 40.2 Å². The minimum Gasteiger partial charge on any atom is -0.469 e. The predicted octanol–water partition coefficient (Wildman–Crippen LogP) is 1.71. The minimum atomic E-state index is -0.205. The Bertz CT molecular complexity index is 296. The van der Waals surface area contributed by atoms with Crippen LogP contribution >= 0.6 is 0 Å². The molecule has 1 unspecified atom stereocenters. The molecule has 1 rings (SSSR count). The van der Waals surface area contributed by atoms with Crippen molar-refractivity contribution < 1.29 is 4.42 Å². The van der Waals surface area contributed by atoms with E-state index in [1.807, 2.05) is 32.0 Å². The monoisotopic (exact) mass is 164 g/mol. The third kappa shape index (κ3) is 1.49. The molecule has 0 N–H and O–H groups in total. The number of rotatable bonds is 2. The average molecular weight is 164 g/mol. The molecule has 12 heavy (non-hydrogen) atoms. The maximum atomic E-state index is 8.86. The Morgan fingerprint density at radius 1 is 1.58 bits per heavy atom. The third-order valence-corrected chi connectivity index (χ3v) is 1.83. The lowest BCUT2D eigenvalue weighted by Crippen LogP contribution is -2.18. The number of hydrogen-bond donors (Lipinski definition) is 0. The maximum absolute atomic E-state index is 8.86. The maximum Gasteiger partial charge on any atom is 0.126 e. The van der Waals surface area contributed by atoms with Crippen molar-refractivity contribution in [3.63, 3.8) is 0 Å². The van der Waals surface area contributed by atoms with E-state index in [0.29, 0.717) is 0 Å². The molecule has 0 aliphatic heterocycles. The van der Waals surface area contributed by atoms with E-state index in [0.717, 1.165) is 11.3 Å². The number of aryl methyl sites for hydroxylation is 1. The number of nitrogens with zero attached hydrogens (tertiary/aromatic N) is 2. The highest BCUT2D eigenvalue weighted by Crippen LogP contribution is 2.21. The van der Waals surface area contributed by atoms with Gasteiger partial charge in [-0.25, -0.2) is 0 Å². The summed E-state index contributed by atoms with van der Waals surface area (Å²) >= 11 is 0. The molecule has 0 aliphatic rings. The molecule has 0 aliphatic carbocycles. The van der Waals surface area contributed by atoms with Crippen molar-refractivity contribution in [3.8, 4) is 6.07 Å². The van der Waals surface area contributed by atoms with Gasteiger partial charge in [-0.2, -0.15) is 5.26 Å². The van der Waals surface area contributed by atoms with Gasteiger partial charge in [-0.15, -0.1) is 0 Å². The molecule has 0 saturated heterocycles. The molecular formula is C9H12N2O. The predicted molar refractivity (Wildman–Crippen MR) is 45.5 cm³/mol. The second-order valence-corrected chi connectivity index (χ2v) is 2.93. The molecule has 0 radical (unpaired) electrons. The van der Waals surface area contributed by atoms with Crippen LogP contribution in [0.15, 0.2) is 16.7 Å². The highest BCUT2D eigenvalue weighted by atomic mass is 16.3. The van der Waals surface area contributed by atoms with Crippen LogP contribution in [0.2, 0.25) is 0 Å². The van der Waals surface area contributed by atoms with Crippen LogP contribution in [0.1, 0.15) is 17.4 Å². The quantitative estimate of drug-likeness (QED) is 0.668. The normalized spacial score (nSPS) is 12.9. The molecule has 1 aromatic heterocycles. The van der Waals surface area contributed by atoms with Crippen molar-refractivity contribution >= 4 is 0 Å². The Kier molecular flexibility index (Phi) is 2.51. The first-order chi connectivity index (χ1) is 5.66. The zero-order valence-corrected chi connectivity index (χ0v) is 7.53. The first-order valence-electron chi connectivity index (χ1n) is 3.77. The summed E-state index contributed by atoms with van der Waals surface area (Å²) in [5.41, 5.74) is 0.947. The van der Waals surface area contributed by atoms with Gasteiger partial charge in [0.25, 0.3) is 0 Å². The van der Waals surface area contributed by atoms with Gasteiger partial charge in [0.15, 0.2) is 0 Å². The fourth-order valence-corrected chi connectivity index (χ4v) is 1.14. The van der Waals surface area contributed by atoms with Gasteiger partial charge in [0, 0.05) is 5.56 Å².